The van der Waals surface area contributed by atoms with Gasteiger partial charge in [0.25, 0.3) is 5.91 Å². The number of carbonyl (C=O) groups excluding carboxylic acids is 1. The number of hydrogen-bond donors (Lipinski definition) is 0. The van der Waals surface area contributed by atoms with Gasteiger partial charge in [0.05, 0.1) is 12.1 Å². The molecule has 14 heavy (non-hydrogen) atoms. The minimum Gasteiger partial charge on any atom is -0.266 e. The molecule has 0 aromatic carbocycles. The Hall–Kier alpha value is -0.870. The minimum atomic E-state index is -0.750. The summed E-state index contributed by atoms with van der Waals surface area (Å²) >= 11 is 11.3. The maximum absolute atomic E-state index is 12.9. The average molecular weight is 235 g/mol. The lowest BCUT2D eigenvalue weighted by Crippen LogP contribution is -2.31. The molecule has 1 aromatic heterocycles. The van der Waals surface area contributed by atoms with E-state index in [9.17, 15) is 9.28 Å². The summed E-state index contributed by atoms with van der Waals surface area (Å²) in [5, 5.41) is 0.303. The number of aromatic nitrogens is 1. The van der Waals surface area contributed by atoms with E-state index in [0.29, 0.717) is 12.0 Å². The third-order valence-corrected chi connectivity index (χ3v) is 2.50. The zero-order valence-corrected chi connectivity index (χ0v) is 8.44. The highest BCUT2D eigenvalue weighted by Gasteiger charge is 2.28. The highest BCUT2D eigenvalue weighted by atomic mass is 35.5. The van der Waals surface area contributed by atoms with Gasteiger partial charge in [0.1, 0.15) is 10.3 Å². The van der Waals surface area contributed by atoms with Gasteiger partial charge in [-0.2, -0.15) is 5.12 Å². The Bertz CT molecular complexity index is 411. The van der Waals surface area contributed by atoms with Crippen molar-refractivity contribution in [3.05, 3.63) is 27.5 Å². The highest BCUT2D eigenvalue weighted by Crippen LogP contribution is 2.27. The van der Waals surface area contributed by atoms with Gasteiger partial charge in [-0.3, -0.25) is 4.79 Å². The molecule has 0 saturated heterocycles. The first-order valence-electron chi connectivity index (χ1n) is 3.92. The van der Waals surface area contributed by atoms with Crippen molar-refractivity contribution in [3.63, 3.8) is 0 Å². The molecule has 0 aliphatic carbocycles. The molecule has 0 bridgehead atoms. The van der Waals surface area contributed by atoms with E-state index in [-0.39, 0.29) is 27.5 Å². The molecule has 6 heteroatoms. The fourth-order valence-electron chi connectivity index (χ4n) is 1.39. The van der Waals surface area contributed by atoms with E-state index < -0.39 is 5.91 Å². The second-order valence-electron chi connectivity index (χ2n) is 2.91. The van der Waals surface area contributed by atoms with E-state index in [1.807, 2.05) is 0 Å². The van der Waals surface area contributed by atoms with Crippen LogP contribution in [0.4, 0.5) is 4.48 Å². The summed E-state index contributed by atoms with van der Waals surface area (Å²) in [7, 11) is 0. The Morgan fingerprint density at radius 2 is 2.21 bits per heavy atom. The topological polar surface area (TPSA) is 33.2 Å². The van der Waals surface area contributed by atoms with Gasteiger partial charge < -0.3 is 0 Å². The van der Waals surface area contributed by atoms with E-state index in [2.05, 4.69) is 4.98 Å². The molecule has 1 aromatic rings. The normalized spacial score (nSPS) is 15.6. The van der Waals surface area contributed by atoms with Gasteiger partial charge in [-0.25, -0.2) is 4.98 Å². The maximum Gasteiger partial charge on any atom is 0.284 e. The van der Waals surface area contributed by atoms with Crippen LogP contribution in [0.2, 0.25) is 10.3 Å². The summed E-state index contributed by atoms with van der Waals surface area (Å²) in [6.07, 6.45) is 0.402. The molecule has 1 amide bonds. The molecule has 0 radical (unpaired) electrons. The number of pyridine rings is 1. The predicted molar refractivity (Wildman–Crippen MR) is 50.1 cm³/mol. The largest absolute Gasteiger partial charge is 0.284 e. The van der Waals surface area contributed by atoms with Crippen LogP contribution in [0.25, 0.3) is 0 Å². The van der Waals surface area contributed by atoms with Crippen molar-refractivity contribution < 1.29 is 9.28 Å². The van der Waals surface area contributed by atoms with Crippen LogP contribution in [-0.2, 0) is 6.42 Å². The summed E-state index contributed by atoms with van der Waals surface area (Å²) in [5.41, 5.74) is 0.763. The Kier molecular flexibility index (Phi) is 2.33. The van der Waals surface area contributed by atoms with Gasteiger partial charge in [-0.05, 0) is 18.1 Å². The van der Waals surface area contributed by atoms with Gasteiger partial charge in [0.2, 0.25) is 0 Å². The first-order chi connectivity index (χ1) is 6.59. The SMILES string of the molecule is O=C1c2c(cc(Cl)nc2Cl)CCN1F. The number of carbonyl (C=O) groups is 1. The molecule has 1 aliphatic rings. The van der Waals surface area contributed by atoms with Crippen LogP contribution in [0, 0.1) is 0 Å². The summed E-state index contributed by atoms with van der Waals surface area (Å²) in [4.78, 5) is 15.0. The number of fused-ring (bicyclic) bond motifs is 1. The fraction of sp³-hybridized carbons (Fsp3) is 0.250. The van der Waals surface area contributed by atoms with Crippen molar-refractivity contribution in [1.29, 1.82) is 0 Å². The lowest BCUT2D eigenvalue weighted by molar-refractivity contribution is 0.0170. The average Bonchev–Trinajstić information content (AvgIpc) is 2.10. The number of hydrogen-bond acceptors (Lipinski definition) is 2. The summed E-state index contributed by atoms with van der Waals surface area (Å²) in [5.74, 6) is -0.750. The Labute approximate surface area is 89.4 Å². The molecule has 1 aliphatic heterocycles. The fourth-order valence-corrected chi connectivity index (χ4v) is 1.95. The second-order valence-corrected chi connectivity index (χ2v) is 3.66. The lowest BCUT2D eigenvalue weighted by atomic mass is 10.0. The van der Waals surface area contributed by atoms with Crippen molar-refractivity contribution in [2.45, 2.75) is 6.42 Å². The van der Waals surface area contributed by atoms with Crippen molar-refractivity contribution in [2.24, 2.45) is 0 Å². The van der Waals surface area contributed by atoms with Crippen LogP contribution in [0.15, 0.2) is 6.07 Å². The molecule has 0 fully saturated rings. The third kappa shape index (κ3) is 1.44. The van der Waals surface area contributed by atoms with Crippen LogP contribution >= 0.6 is 23.2 Å². The Balaban J connectivity index is 2.60. The maximum atomic E-state index is 12.9. The van der Waals surface area contributed by atoms with Gasteiger partial charge in [0.15, 0.2) is 0 Å². The molecule has 0 spiro atoms. The first-order valence-corrected chi connectivity index (χ1v) is 4.68. The number of halogens is 3. The van der Waals surface area contributed by atoms with Crippen LogP contribution in [0.5, 0.6) is 0 Å². The zero-order valence-electron chi connectivity index (χ0n) is 6.93. The number of amides is 1. The summed E-state index contributed by atoms with van der Waals surface area (Å²) < 4.78 is 12.9. The van der Waals surface area contributed by atoms with Crippen LogP contribution < -0.4 is 0 Å². The van der Waals surface area contributed by atoms with E-state index in [1.165, 1.54) is 6.07 Å². The summed E-state index contributed by atoms with van der Waals surface area (Å²) in [6, 6.07) is 1.54. The zero-order chi connectivity index (χ0) is 10.3. The highest BCUT2D eigenvalue weighted by molar-refractivity contribution is 6.35. The van der Waals surface area contributed by atoms with Gasteiger partial charge in [-0.15, -0.1) is 0 Å². The third-order valence-electron chi connectivity index (χ3n) is 2.04. The van der Waals surface area contributed by atoms with Crippen molar-refractivity contribution >= 4 is 29.1 Å². The van der Waals surface area contributed by atoms with Crippen molar-refractivity contribution in [2.75, 3.05) is 6.54 Å². The van der Waals surface area contributed by atoms with Crippen molar-refractivity contribution in [1.82, 2.24) is 10.1 Å². The molecule has 2 heterocycles. The minimum absolute atomic E-state index is 0.0303. The van der Waals surface area contributed by atoms with Gasteiger partial charge in [-0.1, -0.05) is 27.7 Å². The molecular weight excluding hydrogens is 230 g/mol. The molecule has 2 rings (SSSR count). The first kappa shape index (κ1) is 9.68. The van der Waals surface area contributed by atoms with Gasteiger partial charge in [0, 0.05) is 0 Å². The molecule has 0 saturated carbocycles. The Morgan fingerprint density at radius 1 is 1.50 bits per heavy atom. The number of nitrogens with zero attached hydrogens (tertiary/aromatic N) is 2. The standard InChI is InChI=1S/C8H5Cl2FN2O/c9-5-3-4-1-2-13(11)8(14)6(4)7(10)12-5/h3H,1-2H2. The van der Waals surface area contributed by atoms with Crippen LogP contribution in [-0.4, -0.2) is 22.6 Å². The van der Waals surface area contributed by atoms with E-state index >= 15 is 0 Å². The van der Waals surface area contributed by atoms with Crippen LogP contribution in [0.3, 0.4) is 0 Å². The molecule has 0 N–H and O–H groups in total. The quantitative estimate of drug-likeness (QED) is 0.510. The summed E-state index contributed by atoms with van der Waals surface area (Å²) in [6.45, 7) is 0.0303. The molecule has 0 unspecified atom stereocenters. The lowest BCUT2D eigenvalue weighted by Gasteiger charge is -2.20. The Morgan fingerprint density at radius 3 is 2.93 bits per heavy atom. The molecule has 0 atom stereocenters. The van der Waals surface area contributed by atoms with Gasteiger partial charge >= 0.3 is 0 Å². The second kappa shape index (κ2) is 3.37. The monoisotopic (exact) mass is 234 g/mol. The smallest absolute Gasteiger partial charge is 0.266 e. The number of rotatable bonds is 0. The van der Waals surface area contributed by atoms with E-state index in [4.69, 9.17) is 23.2 Å². The molecule has 3 nitrogen and oxygen atoms in total. The predicted octanol–water partition coefficient (Wildman–Crippen LogP) is 2.27. The molecular formula is C8H5Cl2FN2O. The van der Waals surface area contributed by atoms with Crippen molar-refractivity contribution in [3.8, 4) is 0 Å². The van der Waals surface area contributed by atoms with E-state index in [1.54, 1.807) is 0 Å². The van der Waals surface area contributed by atoms with Crippen LogP contribution in [0.1, 0.15) is 15.9 Å². The van der Waals surface area contributed by atoms with E-state index in [0.717, 1.165) is 0 Å². The molecule has 74 valence electrons.